The third-order valence-electron chi connectivity index (χ3n) is 3.15. The third kappa shape index (κ3) is 4.52. The predicted molar refractivity (Wildman–Crippen MR) is 73.1 cm³/mol. The van der Waals surface area contributed by atoms with Crippen molar-refractivity contribution in [2.75, 3.05) is 18.6 Å². The minimum atomic E-state index is 0. The third-order valence-corrected chi connectivity index (χ3v) is 3.99. The maximum Gasteiger partial charge on any atom is 0.223 e. The van der Waals surface area contributed by atoms with Crippen LogP contribution < -0.4 is 11.1 Å². The number of hydrogen-bond acceptors (Lipinski definition) is 3. The average Bonchev–Trinajstić information content (AvgIpc) is 2.65. The van der Waals surface area contributed by atoms with Crippen LogP contribution in [0.4, 0.5) is 0 Å². The Hall–Kier alpha value is 0.0700. The molecule has 0 aromatic heterocycles. The zero-order valence-corrected chi connectivity index (χ0v) is 11.7. The molecule has 5 heteroatoms. The van der Waals surface area contributed by atoms with Crippen molar-refractivity contribution in [1.82, 2.24) is 5.32 Å². The molecule has 16 heavy (non-hydrogen) atoms. The number of hydrogen-bond donors (Lipinski definition) is 2. The molecule has 1 amide bonds. The molecule has 0 saturated heterocycles. The van der Waals surface area contributed by atoms with Gasteiger partial charge in [-0.2, -0.15) is 11.8 Å². The molecule has 3 N–H and O–H groups in total. The molecule has 1 aliphatic rings. The van der Waals surface area contributed by atoms with Gasteiger partial charge in [-0.3, -0.25) is 4.79 Å². The Morgan fingerprint density at radius 2 is 2.25 bits per heavy atom. The number of nitrogens with two attached hydrogens (primary N) is 1. The normalized spacial score (nSPS) is 25.9. The summed E-state index contributed by atoms with van der Waals surface area (Å²) in [6.45, 7) is 2.68. The fraction of sp³-hybridized carbons (Fsp3) is 0.909. The number of nitrogens with one attached hydrogen (secondary N) is 1. The van der Waals surface area contributed by atoms with Gasteiger partial charge in [0.1, 0.15) is 0 Å². The SMILES string of the molecule is CSCC(C)C(=O)NC1CCCC1CN.Cl. The van der Waals surface area contributed by atoms with Gasteiger partial charge in [0.25, 0.3) is 0 Å². The second kappa shape index (κ2) is 8.20. The van der Waals surface area contributed by atoms with Crippen LogP contribution in [0.5, 0.6) is 0 Å². The molecule has 0 aromatic rings. The van der Waals surface area contributed by atoms with Crippen LogP contribution in [0.2, 0.25) is 0 Å². The van der Waals surface area contributed by atoms with Gasteiger partial charge in [0.05, 0.1) is 0 Å². The van der Waals surface area contributed by atoms with Crippen LogP contribution in [0.15, 0.2) is 0 Å². The minimum Gasteiger partial charge on any atom is -0.353 e. The first-order chi connectivity index (χ1) is 7.19. The summed E-state index contributed by atoms with van der Waals surface area (Å²) in [5, 5.41) is 3.13. The van der Waals surface area contributed by atoms with Gasteiger partial charge in [-0.15, -0.1) is 12.4 Å². The lowest BCUT2D eigenvalue weighted by Gasteiger charge is -2.21. The summed E-state index contributed by atoms with van der Waals surface area (Å²) in [5.74, 6) is 1.69. The highest BCUT2D eigenvalue weighted by Gasteiger charge is 2.28. The fourth-order valence-corrected chi connectivity index (χ4v) is 2.81. The Kier molecular flexibility index (Phi) is 8.24. The van der Waals surface area contributed by atoms with Crippen molar-refractivity contribution in [3.63, 3.8) is 0 Å². The Bertz CT molecular complexity index is 216. The van der Waals surface area contributed by atoms with Crippen LogP contribution in [0.1, 0.15) is 26.2 Å². The molecule has 1 rings (SSSR count). The van der Waals surface area contributed by atoms with Crippen LogP contribution in [0.3, 0.4) is 0 Å². The molecule has 3 nitrogen and oxygen atoms in total. The monoisotopic (exact) mass is 266 g/mol. The van der Waals surface area contributed by atoms with Gasteiger partial charge in [0.2, 0.25) is 5.91 Å². The van der Waals surface area contributed by atoms with Crippen molar-refractivity contribution in [2.45, 2.75) is 32.2 Å². The maximum atomic E-state index is 11.8. The molecule has 1 aliphatic carbocycles. The number of amides is 1. The molecule has 3 atom stereocenters. The van der Waals surface area contributed by atoms with Gasteiger partial charge in [0, 0.05) is 17.7 Å². The van der Waals surface area contributed by atoms with Gasteiger partial charge in [-0.25, -0.2) is 0 Å². The zero-order chi connectivity index (χ0) is 11.3. The van der Waals surface area contributed by atoms with Crippen molar-refractivity contribution >= 4 is 30.1 Å². The molecule has 0 aromatic carbocycles. The summed E-state index contributed by atoms with van der Waals surface area (Å²) < 4.78 is 0. The van der Waals surface area contributed by atoms with E-state index in [1.165, 1.54) is 12.8 Å². The van der Waals surface area contributed by atoms with Gasteiger partial charge in [0.15, 0.2) is 0 Å². The van der Waals surface area contributed by atoms with Crippen LogP contribution in [-0.4, -0.2) is 30.5 Å². The lowest BCUT2D eigenvalue weighted by Crippen LogP contribution is -2.42. The highest BCUT2D eigenvalue weighted by atomic mass is 35.5. The molecule has 0 bridgehead atoms. The first kappa shape index (κ1) is 16.1. The van der Waals surface area contributed by atoms with E-state index in [9.17, 15) is 4.79 Å². The Balaban J connectivity index is 0.00000225. The van der Waals surface area contributed by atoms with Crippen LogP contribution in [0, 0.1) is 11.8 Å². The van der Waals surface area contributed by atoms with E-state index >= 15 is 0 Å². The summed E-state index contributed by atoms with van der Waals surface area (Å²) in [4.78, 5) is 11.8. The van der Waals surface area contributed by atoms with Crippen LogP contribution >= 0.6 is 24.2 Å². The molecule has 0 heterocycles. The average molecular weight is 267 g/mol. The van der Waals surface area contributed by atoms with E-state index in [1.807, 2.05) is 13.2 Å². The van der Waals surface area contributed by atoms with Crippen LogP contribution in [-0.2, 0) is 4.79 Å². The number of carbonyl (C=O) groups is 1. The van der Waals surface area contributed by atoms with Crippen molar-refractivity contribution in [3.05, 3.63) is 0 Å². The molecule has 1 fully saturated rings. The first-order valence-electron chi connectivity index (χ1n) is 5.68. The molecular weight excluding hydrogens is 244 g/mol. The molecule has 1 saturated carbocycles. The van der Waals surface area contributed by atoms with E-state index in [1.54, 1.807) is 11.8 Å². The maximum absolute atomic E-state index is 11.8. The van der Waals surface area contributed by atoms with Gasteiger partial charge in [-0.1, -0.05) is 13.3 Å². The molecule has 0 spiro atoms. The van der Waals surface area contributed by atoms with Gasteiger partial charge >= 0.3 is 0 Å². The smallest absolute Gasteiger partial charge is 0.223 e. The van der Waals surface area contributed by atoms with E-state index in [4.69, 9.17) is 5.73 Å². The van der Waals surface area contributed by atoms with E-state index in [-0.39, 0.29) is 24.2 Å². The minimum absolute atomic E-state index is 0. The lowest BCUT2D eigenvalue weighted by molar-refractivity contribution is -0.124. The van der Waals surface area contributed by atoms with E-state index < -0.39 is 0 Å². The van der Waals surface area contributed by atoms with Crippen molar-refractivity contribution < 1.29 is 4.79 Å². The van der Waals surface area contributed by atoms with E-state index in [2.05, 4.69) is 5.32 Å². The van der Waals surface area contributed by atoms with Crippen molar-refractivity contribution in [2.24, 2.45) is 17.6 Å². The van der Waals surface area contributed by atoms with Gasteiger partial charge in [-0.05, 0) is 31.6 Å². The molecule has 0 aliphatic heterocycles. The molecule has 3 unspecified atom stereocenters. The first-order valence-corrected chi connectivity index (χ1v) is 7.07. The largest absolute Gasteiger partial charge is 0.353 e. The second-order valence-electron chi connectivity index (χ2n) is 4.40. The van der Waals surface area contributed by atoms with E-state index in [0.29, 0.717) is 18.5 Å². The molecule has 96 valence electrons. The number of rotatable bonds is 5. The van der Waals surface area contributed by atoms with Crippen LogP contribution in [0.25, 0.3) is 0 Å². The quantitative estimate of drug-likeness (QED) is 0.796. The number of carbonyl (C=O) groups excluding carboxylic acids is 1. The summed E-state index contributed by atoms with van der Waals surface area (Å²) in [7, 11) is 0. The number of thioether (sulfide) groups is 1. The Morgan fingerprint density at radius 1 is 1.56 bits per heavy atom. The predicted octanol–water partition coefficient (Wildman–Crippen LogP) is 1.65. The number of halogens is 1. The van der Waals surface area contributed by atoms with Gasteiger partial charge < -0.3 is 11.1 Å². The second-order valence-corrected chi connectivity index (χ2v) is 5.31. The van der Waals surface area contributed by atoms with Crippen molar-refractivity contribution in [1.29, 1.82) is 0 Å². The molecular formula is C11H23ClN2OS. The Labute approximate surface area is 109 Å². The van der Waals surface area contributed by atoms with E-state index in [0.717, 1.165) is 12.2 Å². The highest BCUT2D eigenvalue weighted by Crippen LogP contribution is 2.24. The summed E-state index contributed by atoms with van der Waals surface area (Å²) >= 11 is 1.72. The summed E-state index contributed by atoms with van der Waals surface area (Å²) in [6.07, 6.45) is 5.49. The lowest BCUT2D eigenvalue weighted by atomic mass is 10.0. The van der Waals surface area contributed by atoms with Crippen molar-refractivity contribution in [3.8, 4) is 0 Å². The summed E-state index contributed by atoms with van der Waals surface area (Å²) in [6, 6.07) is 0.326. The molecule has 0 radical (unpaired) electrons. The topological polar surface area (TPSA) is 55.1 Å². The highest BCUT2D eigenvalue weighted by molar-refractivity contribution is 7.98. The zero-order valence-electron chi connectivity index (χ0n) is 10.1. The Morgan fingerprint density at radius 3 is 2.81 bits per heavy atom. The fourth-order valence-electron chi connectivity index (χ4n) is 2.16. The summed E-state index contributed by atoms with van der Waals surface area (Å²) in [5.41, 5.74) is 5.68. The standard InChI is InChI=1S/C11H22N2OS.ClH/c1-8(7-15-2)11(14)13-10-5-3-4-9(10)6-12;/h8-10H,3-7,12H2,1-2H3,(H,13,14);1H.